The molecule has 0 amide bonds. The van der Waals surface area contributed by atoms with Crippen LogP contribution in [0.2, 0.25) is 0 Å². The van der Waals surface area contributed by atoms with Gasteiger partial charge in [0.1, 0.15) is 5.84 Å². The van der Waals surface area contributed by atoms with Gasteiger partial charge in [0.05, 0.1) is 0 Å². The Morgan fingerprint density at radius 1 is 1.56 bits per heavy atom. The molecular formula is C6H11N3. The molecule has 1 aliphatic rings. The quantitative estimate of drug-likeness (QED) is 0.539. The Kier molecular flexibility index (Phi) is 1.72. The van der Waals surface area contributed by atoms with E-state index in [-0.39, 0.29) is 0 Å². The summed E-state index contributed by atoms with van der Waals surface area (Å²) in [6, 6.07) is 0. The predicted molar refractivity (Wildman–Crippen MR) is 37.7 cm³/mol. The van der Waals surface area contributed by atoms with Crippen molar-refractivity contribution in [1.29, 1.82) is 0 Å². The predicted octanol–water partition coefficient (Wildman–Crippen LogP) is 0.620. The normalized spacial score (nSPS) is 16.6. The maximum absolute atomic E-state index is 4.09. The lowest BCUT2D eigenvalue weighted by Gasteiger charge is -2.14. The second kappa shape index (κ2) is 2.53. The molecular weight excluding hydrogens is 114 g/mol. The molecule has 0 saturated heterocycles. The van der Waals surface area contributed by atoms with Crippen LogP contribution in [0.15, 0.2) is 17.4 Å². The van der Waals surface area contributed by atoms with Gasteiger partial charge in [0, 0.05) is 18.3 Å². The van der Waals surface area contributed by atoms with Crippen LogP contribution < -0.4 is 10.9 Å². The smallest absolute Gasteiger partial charge is 0.122 e. The molecule has 0 fully saturated rings. The summed E-state index contributed by atoms with van der Waals surface area (Å²) in [6.07, 6.45) is 3.50. The summed E-state index contributed by atoms with van der Waals surface area (Å²) < 4.78 is 0. The minimum absolute atomic E-state index is 0.461. The molecule has 3 nitrogen and oxygen atoms in total. The number of amidine groups is 1. The Bertz CT molecular complexity index is 146. The second-order valence-corrected chi connectivity index (χ2v) is 2.25. The average molecular weight is 125 g/mol. The van der Waals surface area contributed by atoms with Gasteiger partial charge in [-0.05, 0) is 0 Å². The fourth-order valence-electron chi connectivity index (χ4n) is 0.596. The first-order valence-electron chi connectivity index (χ1n) is 3.05. The Hall–Kier alpha value is -0.990. The Labute approximate surface area is 54.8 Å². The van der Waals surface area contributed by atoms with Crippen LogP contribution in [0, 0.1) is 5.92 Å². The van der Waals surface area contributed by atoms with E-state index >= 15 is 0 Å². The maximum Gasteiger partial charge on any atom is 0.122 e. The maximum atomic E-state index is 4.09. The standard InChI is InChI=1S/C6H11N3/c1-5(2)6-7-3-4-8-9-6/h3-5,8H,1-2H3,(H,7,9). The van der Waals surface area contributed by atoms with Crippen molar-refractivity contribution in [3.05, 3.63) is 12.4 Å². The Morgan fingerprint density at radius 2 is 2.33 bits per heavy atom. The van der Waals surface area contributed by atoms with E-state index in [1.165, 1.54) is 0 Å². The van der Waals surface area contributed by atoms with E-state index in [0.717, 1.165) is 5.84 Å². The van der Waals surface area contributed by atoms with Gasteiger partial charge in [0.25, 0.3) is 0 Å². The monoisotopic (exact) mass is 125 g/mol. The van der Waals surface area contributed by atoms with E-state index in [0.29, 0.717) is 5.92 Å². The van der Waals surface area contributed by atoms with Crippen molar-refractivity contribution in [3.63, 3.8) is 0 Å². The van der Waals surface area contributed by atoms with Gasteiger partial charge >= 0.3 is 0 Å². The van der Waals surface area contributed by atoms with Gasteiger partial charge in [0.2, 0.25) is 0 Å². The molecule has 0 aliphatic carbocycles. The third-order valence-corrected chi connectivity index (χ3v) is 1.12. The summed E-state index contributed by atoms with van der Waals surface area (Å²) >= 11 is 0. The molecule has 1 aliphatic heterocycles. The molecule has 0 radical (unpaired) electrons. The lowest BCUT2D eigenvalue weighted by Crippen LogP contribution is -2.38. The van der Waals surface area contributed by atoms with Gasteiger partial charge in [-0.2, -0.15) is 0 Å². The van der Waals surface area contributed by atoms with Crippen molar-refractivity contribution in [3.8, 4) is 0 Å². The van der Waals surface area contributed by atoms with Gasteiger partial charge in [-0.3, -0.25) is 5.43 Å². The summed E-state index contributed by atoms with van der Waals surface area (Å²) in [7, 11) is 0. The topological polar surface area (TPSA) is 36.4 Å². The second-order valence-electron chi connectivity index (χ2n) is 2.25. The van der Waals surface area contributed by atoms with Crippen molar-refractivity contribution in [2.75, 3.05) is 0 Å². The molecule has 0 unspecified atom stereocenters. The minimum atomic E-state index is 0.461. The first-order chi connectivity index (χ1) is 4.30. The summed E-state index contributed by atoms with van der Waals surface area (Å²) in [6.45, 7) is 4.18. The van der Waals surface area contributed by atoms with Crippen LogP contribution in [0.1, 0.15) is 13.8 Å². The highest BCUT2D eigenvalue weighted by Crippen LogP contribution is 1.95. The number of hydrazine groups is 1. The third kappa shape index (κ3) is 1.45. The van der Waals surface area contributed by atoms with Gasteiger partial charge in [-0.15, -0.1) is 0 Å². The molecule has 0 spiro atoms. The van der Waals surface area contributed by atoms with Crippen LogP contribution in [0.3, 0.4) is 0 Å². The van der Waals surface area contributed by atoms with E-state index in [9.17, 15) is 0 Å². The molecule has 0 aromatic heterocycles. The van der Waals surface area contributed by atoms with Crippen molar-refractivity contribution in [1.82, 2.24) is 10.9 Å². The van der Waals surface area contributed by atoms with Gasteiger partial charge < -0.3 is 5.43 Å². The van der Waals surface area contributed by atoms with Crippen LogP contribution in [-0.4, -0.2) is 5.84 Å². The summed E-state index contributed by atoms with van der Waals surface area (Å²) in [4.78, 5) is 4.09. The lowest BCUT2D eigenvalue weighted by molar-refractivity contribution is 0.725. The molecule has 1 heterocycles. The zero-order valence-corrected chi connectivity index (χ0v) is 5.68. The number of aliphatic imine (C=N–C) groups is 1. The van der Waals surface area contributed by atoms with Crippen LogP contribution >= 0.6 is 0 Å². The summed E-state index contributed by atoms with van der Waals surface area (Å²) in [5, 5.41) is 0. The van der Waals surface area contributed by atoms with E-state index in [4.69, 9.17) is 0 Å². The molecule has 50 valence electrons. The number of nitrogens with one attached hydrogen (secondary N) is 2. The van der Waals surface area contributed by atoms with Crippen molar-refractivity contribution < 1.29 is 0 Å². The molecule has 0 saturated carbocycles. The fraction of sp³-hybridized carbons (Fsp3) is 0.500. The van der Waals surface area contributed by atoms with Crippen LogP contribution in [0.5, 0.6) is 0 Å². The molecule has 0 atom stereocenters. The zero-order valence-electron chi connectivity index (χ0n) is 5.68. The summed E-state index contributed by atoms with van der Waals surface area (Å²) in [5.74, 6) is 1.44. The van der Waals surface area contributed by atoms with Gasteiger partial charge in [-0.25, -0.2) is 4.99 Å². The number of nitrogens with zero attached hydrogens (tertiary/aromatic N) is 1. The van der Waals surface area contributed by atoms with Crippen LogP contribution in [0.25, 0.3) is 0 Å². The average Bonchev–Trinajstić information content (AvgIpc) is 1.90. The Morgan fingerprint density at radius 3 is 2.67 bits per heavy atom. The number of hydrogen-bond acceptors (Lipinski definition) is 3. The molecule has 2 N–H and O–H groups in total. The van der Waals surface area contributed by atoms with Crippen molar-refractivity contribution in [2.45, 2.75) is 13.8 Å². The molecule has 3 heteroatoms. The van der Waals surface area contributed by atoms with Crippen molar-refractivity contribution >= 4 is 5.84 Å². The van der Waals surface area contributed by atoms with Gasteiger partial charge in [-0.1, -0.05) is 13.8 Å². The van der Waals surface area contributed by atoms with E-state index < -0.39 is 0 Å². The first kappa shape index (κ1) is 6.13. The molecule has 9 heavy (non-hydrogen) atoms. The van der Waals surface area contributed by atoms with E-state index in [1.807, 2.05) is 0 Å². The number of hydrogen-bond donors (Lipinski definition) is 2. The largest absolute Gasteiger partial charge is 0.306 e. The third-order valence-electron chi connectivity index (χ3n) is 1.12. The van der Waals surface area contributed by atoms with Crippen LogP contribution in [-0.2, 0) is 0 Å². The number of rotatable bonds is 1. The first-order valence-corrected chi connectivity index (χ1v) is 3.05. The highest BCUT2D eigenvalue weighted by molar-refractivity contribution is 5.84. The van der Waals surface area contributed by atoms with E-state index in [2.05, 4.69) is 29.7 Å². The van der Waals surface area contributed by atoms with Crippen LogP contribution in [0.4, 0.5) is 0 Å². The molecule has 0 bridgehead atoms. The zero-order chi connectivity index (χ0) is 6.69. The molecule has 0 aromatic rings. The SMILES string of the molecule is CC(C)C1=NC=CNN1. The highest BCUT2D eigenvalue weighted by atomic mass is 15.4. The molecule has 1 rings (SSSR count). The fourth-order valence-corrected chi connectivity index (χ4v) is 0.596. The lowest BCUT2D eigenvalue weighted by atomic mass is 10.2. The highest BCUT2D eigenvalue weighted by Gasteiger charge is 2.03. The van der Waals surface area contributed by atoms with Crippen molar-refractivity contribution in [2.24, 2.45) is 10.9 Å². The molecule has 0 aromatic carbocycles. The minimum Gasteiger partial charge on any atom is -0.306 e. The van der Waals surface area contributed by atoms with Gasteiger partial charge in [0.15, 0.2) is 0 Å². The summed E-state index contributed by atoms with van der Waals surface area (Å²) in [5.41, 5.74) is 5.79. The van der Waals surface area contributed by atoms with E-state index in [1.54, 1.807) is 12.4 Å². The Balaban J connectivity index is 2.57.